The lowest BCUT2D eigenvalue weighted by molar-refractivity contribution is -0.136. The number of nitrogens with zero attached hydrogens (tertiary/aromatic N) is 1. The number of aromatic nitrogens is 1. The molecule has 0 unspecified atom stereocenters. The lowest BCUT2D eigenvalue weighted by Crippen LogP contribution is -2.18. The molecule has 4 nitrogen and oxygen atoms in total. The SMILES string of the molecule is Cc1cc(OCC(=O)Oc2cccc3ccccc23)c2ccccc2n1. The molecular weight excluding hydrogens is 326 g/mol. The Balaban J connectivity index is 1.53. The molecule has 0 aliphatic heterocycles. The van der Waals surface area contributed by atoms with Crippen molar-refractivity contribution < 1.29 is 14.3 Å². The van der Waals surface area contributed by atoms with Gasteiger partial charge < -0.3 is 9.47 Å². The molecule has 4 rings (SSSR count). The Bertz CT molecular complexity index is 1100. The first-order valence-electron chi connectivity index (χ1n) is 8.38. The van der Waals surface area contributed by atoms with Gasteiger partial charge in [0, 0.05) is 22.5 Å². The van der Waals surface area contributed by atoms with Gasteiger partial charge in [-0.05, 0) is 30.5 Å². The van der Waals surface area contributed by atoms with E-state index in [1.165, 1.54) is 0 Å². The standard InChI is InChI=1S/C22H17NO3/c1-15-13-21(18-10-4-5-11-19(18)23-15)25-14-22(24)26-20-12-6-8-16-7-2-3-9-17(16)20/h2-13H,14H2,1H3. The van der Waals surface area contributed by atoms with Gasteiger partial charge in [0.15, 0.2) is 6.61 Å². The van der Waals surface area contributed by atoms with Crippen molar-refractivity contribution in [2.75, 3.05) is 6.61 Å². The molecular formula is C22H17NO3. The highest BCUT2D eigenvalue weighted by molar-refractivity contribution is 5.90. The summed E-state index contributed by atoms with van der Waals surface area (Å²) in [6.45, 7) is 1.73. The van der Waals surface area contributed by atoms with Crippen LogP contribution in [-0.4, -0.2) is 17.6 Å². The summed E-state index contributed by atoms with van der Waals surface area (Å²) in [6, 6.07) is 22.9. The smallest absolute Gasteiger partial charge is 0.349 e. The first-order chi connectivity index (χ1) is 12.7. The van der Waals surface area contributed by atoms with Crippen LogP contribution in [0.1, 0.15) is 5.69 Å². The molecule has 4 aromatic rings. The number of benzene rings is 3. The molecule has 0 fully saturated rings. The van der Waals surface area contributed by atoms with E-state index in [0.717, 1.165) is 27.4 Å². The van der Waals surface area contributed by atoms with Gasteiger partial charge in [-0.15, -0.1) is 0 Å². The minimum atomic E-state index is -0.445. The normalized spacial score (nSPS) is 10.8. The molecule has 0 saturated carbocycles. The van der Waals surface area contributed by atoms with Crippen LogP contribution in [0, 0.1) is 6.92 Å². The summed E-state index contributed by atoms with van der Waals surface area (Å²) < 4.78 is 11.2. The van der Waals surface area contributed by atoms with Crippen LogP contribution in [0.5, 0.6) is 11.5 Å². The highest BCUT2D eigenvalue weighted by atomic mass is 16.6. The molecule has 0 radical (unpaired) electrons. The molecule has 26 heavy (non-hydrogen) atoms. The molecule has 0 atom stereocenters. The van der Waals surface area contributed by atoms with Gasteiger partial charge in [0.2, 0.25) is 0 Å². The van der Waals surface area contributed by atoms with Crippen molar-refractivity contribution >= 4 is 27.6 Å². The van der Waals surface area contributed by atoms with E-state index in [-0.39, 0.29) is 6.61 Å². The Kier molecular flexibility index (Phi) is 4.23. The van der Waals surface area contributed by atoms with Gasteiger partial charge in [-0.2, -0.15) is 0 Å². The van der Waals surface area contributed by atoms with E-state index < -0.39 is 5.97 Å². The van der Waals surface area contributed by atoms with Crippen LogP contribution in [0.25, 0.3) is 21.7 Å². The van der Waals surface area contributed by atoms with Crippen LogP contribution in [-0.2, 0) is 4.79 Å². The quantitative estimate of drug-likeness (QED) is 0.399. The zero-order valence-electron chi connectivity index (χ0n) is 14.3. The molecule has 0 saturated heterocycles. The maximum Gasteiger partial charge on any atom is 0.349 e. The van der Waals surface area contributed by atoms with E-state index in [2.05, 4.69) is 4.98 Å². The summed E-state index contributed by atoms with van der Waals surface area (Å²) in [6.07, 6.45) is 0. The van der Waals surface area contributed by atoms with Crippen LogP contribution < -0.4 is 9.47 Å². The number of hydrogen-bond acceptors (Lipinski definition) is 4. The number of hydrogen-bond donors (Lipinski definition) is 0. The van der Waals surface area contributed by atoms with Crippen molar-refractivity contribution in [2.45, 2.75) is 6.92 Å². The summed E-state index contributed by atoms with van der Waals surface area (Å²) in [7, 11) is 0. The highest BCUT2D eigenvalue weighted by Gasteiger charge is 2.11. The van der Waals surface area contributed by atoms with Gasteiger partial charge in [0.05, 0.1) is 5.52 Å². The molecule has 0 amide bonds. The van der Waals surface area contributed by atoms with Gasteiger partial charge in [0.25, 0.3) is 0 Å². The predicted molar refractivity (Wildman–Crippen MR) is 102 cm³/mol. The maximum absolute atomic E-state index is 12.3. The number of para-hydroxylation sites is 1. The lowest BCUT2D eigenvalue weighted by Gasteiger charge is -2.11. The van der Waals surface area contributed by atoms with Crippen molar-refractivity contribution in [3.63, 3.8) is 0 Å². The van der Waals surface area contributed by atoms with Crippen LogP contribution in [0.15, 0.2) is 72.8 Å². The molecule has 0 bridgehead atoms. The first kappa shape index (κ1) is 16.1. The Hall–Kier alpha value is -3.40. The van der Waals surface area contributed by atoms with E-state index >= 15 is 0 Å². The summed E-state index contributed by atoms with van der Waals surface area (Å²) >= 11 is 0. The van der Waals surface area contributed by atoms with E-state index in [1.807, 2.05) is 73.7 Å². The maximum atomic E-state index is 12.3. The fraction of sp³-hybridized carbons (Fsp3) is 0.0909. The number of pyridine rings is 1. The third kappa shape index (κ3) is 3.22. The monoisotopic (exact) mass is 343 g/mol. The van der Waals surface area contributed by atoms with Crippen LogP contribution in [0.3, 0.4) is 0 Å². The Labute approximate surface area is 151 Å². The second-order valence-electron chi connectivity index (χ2n) is 6.02. The number of rotatable bonds is 4. The molecule has 0 aliphatic rings. The second kappa shape index (κ2) is 6.84. The minimum absolute atomic E-state index is 0.170. The summed E-state index contributed by atoms with van der Waals surface area (Å²) in [5, 5.41) is 2.79. The molecule has 0 spiro atoms. The Morgan fingerprint density at radius 2 is 1.62 bits per heavy atom. The van der Waals surface area contributed by atoms with Crippen molar-refractivity contribution in [2.24, 2.45) is 0 Å². The lowest BCUT2D eigenvalue weighted by atomic mass is 10.1. The van der Waals surface area contributed by atoms with Crippen molar-refractivity contribution in [3.8, 4) is 11.5 Å². The Morgan fingerprint density at radius 3 is 2.50 bits per heavy atom. The number of fused-ring (bicyclic) bond motifs is 2. The van der Waals surface area contributed by atoms with Crippen LogP contribution in [0.4, 0.5) is 0 Å². The van der Waals surface area contributed by atoms with Crippen molar-refractivity contribution in [1.29, 1.82) is 0 Å². The third-order valence-electron chi connectivity index (χ3n) is 4.13. The predicted octanol–water partition coefficient (Wildman–Crippen LogP) is 4.68. The number of ether oxygens (including phenoxy) is 2. The second-order valence-corrected chi connectivity index (χ2v) is 6.02. The summed E-state index contributed by atoms with van der Waals surface area (Å²) in [4.78, 5) is 16.8. The fourth-order valence-corrected chi connectivity index (χ4v) is 2.96. The molecule has 1 aromatic heterocycles. The number of carbonyl (C=O) groups is 1. The summed E-state index contributed by atoms with van der Waals surface area (Å²) in [5.74, 6) is 0.718. The zero-order valence-corrected chi connectivity index (χ0v) is 14.3. The average molecular weight is 343 g/mol. The molecule has 4 heteroatoms. The van der Waals surface area contributed by atoms with E-state index in [0.29, 0.717) is 11.5 Å². The van der Waals surface area contributed by atoms with E-state index in [4.69, 9.17) is 9.47 Å². The highest BCUT2D eigenvalue weighted by Crippen LogP contribution is 2.27. The zero-order chi connectivity index (χ0) is 17.9. The van der Waals surface area contributed by atoms with Gasteiger partial charge in [-0.1, -0.05) is 48.5 Å². The van der Waals surface area contributed by atoms with Crippen LogP contribution in [0.2, 0.25) is 0 Å². The van der Waals surface area contributed by atoms with Gasteiger partial charge in [-0.25, -0.2) is 4.79 Å². The van der Waals surface area contributed by atoms with E-state index in [9.17, 15) is 4.79 Å². The molecule has 1 heterocycles. The average Bonchev–Trinajstić information content (AvgIpc) is 2.66. The fourth-order valence-electron chi connectivity index (χ4n) is 2.96. The van der Waals surface area contributed by atoms with Gasteiger partial charge >= 0.3 is 5.97 Å². The molecule has 128 valence electrons. The molecule has 0 N–H and O–H groups in total. The van der Waals surface area contributed by atoms with Crippen LogP contribution >= 0.6 is 0 Å². The minimum Gasteiger partial charge on any atom is -0.481 e. The van der Waals surface area contributed by atoms with E-state index in [1.54, 1.807) is 6.07 Å². The number of carbonyl (C=O) groups excluding carboxylic acids is 1. The Morgan fingerprint density at radius 1 is 0.885 bits per heavy atom. The molecule has 3 aromatic carbocycles. The number of aryl methyl sites for hydroxylation is 1. The van der Waals surface area contributed by atoms with Crippen molar-refractivity contribution in [1.82, 2.24) is 4.98 Å². The summed E-state index contributed by atoms with van der Waals surface area (Å²) in [5.41, 5.74) is 1.67. The largest absolute Gasteiger partial charge is 0.481 e. The third-order valence-corrected chi connectivity index (χ3v) is 4.13. The molecule has 0 aliphatic carbocycles. The van der Waals surface area contributed by atoms with Gasteiger partial charge in [0.1, 0.15) is 11.5 Å². The topological polar surface area (TPSA) is 48.4 Å². The van der Waals surface area contributed by atoms with Gasteiger partial charge in [-0.3, -0.25) is 4.98 Å². The first-order valence-corrected chi connectivity index (χ1v) is 8.38. The van der Waals surface area contributed by atoms with Crippen molar-refractivity contribution in [3.05, 3.63) is 78.5 Å². The number of esters is 1.